The summed E-state index contributed by atoms with van der Waals surface area (Å²) in [6.07, 6.45) is 4.23. The van der Waals surface area contributed by atoms with Crippen molar-refractivity contribution in [2.75, 3.05) is 19.7 Å². The van der Waals surface area contributed by atoms with E-state index >= 15 is 0 Å². The van der Waals surface area contributed by atoms with Crippen molar-refractivity contribution in [3.8, 4) is 0 Å². The van der Waals surface area contributed by atoms with Gasteiger partial charge in [-0.3, -0.25) is 4.79 Å². The molecule has 0 N–H and O–H groups in total. The summed E-state index contributed by atoms with van der Waals surface area (Å²) in [5.41, 5.74) is 4.65. The van der Waals surface area contributed by atoms with E-state index in [4.69, 9.17) is 9.15 Å². The van der Waals surface area contributed by atoms with Crippen LogP contribution in [0.5, 0.6) is 0 Å². The zero-order chi connectivity index (χ0) is 22.8. The largest absolute Gasteiger partial charge is 0.458 e. The molecule has 172 valence electrons. The van der Waals surface area contributed by atoms with Crippen LogP contribution in [0.15, 0.2) is 52.9 Å². The number of carbonyl (C=O) groups is 1. The second kappa shape index (κ2) is 7.46. The van der Waals surface area contributed by atoms with Crippen LogP contribution >= 0.6 is 0 Å². The highest BCUT2D eigenvalue weighted by Crippen LogP contribution is 2.58. The van der Waals surface area contributed by atoms with E-state index in [1.54, 1.807) is 0 Å². The molecule has 0 saturated carbocycles. The highest BCUT2D eigenvalue weighted by Gasteiger charge is 2.53. The zero-order valence-electron chi connectivity index (χ0n) is 19.9. The standard InChI is InChI=1S/C29H33NO3/c1-19-9-10-21-22-16-28(2,3)23-17-29(18-32-26(23)25(22)33-24(21)15-19)11-13-30(14-12-29)27(31)20-7-5-4-6-8-20/h4-10,15,23,26H,11-14,16-18H2,1-3H3/t23-,26-/m0/s1. The van der Waals surface area contributed by atoms with Crippen LogP contribution in [0.2, 0.25) is 0 Å². The Bertz CT molecular complexity index is 1200. The number of fused-ring (bicyclic) bond motifs is 5. The van der Waals surface area contributed by atoms with Gasteiger partial charge < -0.3 is 14.1 Å². The molecule has 3 aromatic rings. The first kappa shape index (κ1) is 21.0. The Hall–Kier alpha value is -2.59. The van der Waals surface area contributed by atoms with E-state index in [0.29, 0.717) is 5.92 Å². The quantitative estimate of drug-likeness (QED) is 0.442. The lowest BCUT2D eigenvalue weighted by Crippen LogP contribution is -2.51. The fraction of sp³-hybridized carbons (Fsp3) is 0.483. The van der Waals surface area contributed by atoms with E-state index in [-0.39, 0.29) is 22.8 Å². The topological polar surface area (TPSA) is 42.7 Å². The molecule has 4 nitrogen and oxygen atoms in total. The smallest absolute Gasteiger partial charge is 0.253 e. The maximum atomic E-state index is 12.9. The SMILES string of the molecule is Cc1ccc2c3c(oc2c1)[C@H]1OCC2(CCN(C(=O)c4ccccc4)CC2)C[C@@H]1C(C)(C)C3. The van der Waals surface area contributed by atoms with Crippen molar-refractivity contribution in [2.45, 2.75) is 52.6 Å². The molecule has 1 aromatic heterocycles. The van der Waals surface area contributed by atoms with Gasteiger partial charge in [0.2, 0.25) is 0 Å². The molecule has 2 fully saturated rings. The molecule has 33 heavy (non-hydrogen) atoms. The second-order valence-corrected chi connectivity index (χ2v) is 11.3. The Labute approximate surface area is 195 Å². The Kier molecular flexibility index (Phi) is 4.74. The third-order valence-electron chi connectivity index (χ3n) is 8.59. The van der Waals surface area contributed by atoms with E-state index in [1.807, 2.05) is 35.2 Å². The summed E-state index contributed by atoms with van der Waals surface area (Å²) in [6.45, 7) is 9.29. The van der Waals surface area contributed by atoms with Crippen molar-refractivity contribution in [3.63, 3.8) is 0 Å². The van der Waals surface area contributed by atoms with E-state index in [2.05, 4.69) is 39.0 Å². The number of nitrogens with zero attached hydrogens (tertiary/aromatic N) is 1. The molecular formula is C29H33NO3. The minimum Gasteiger partial charge on any atom is -0.458 e. The molecule has 6 rings (SSSR count). The molecule has 1 aliphatic carbocycles. The number of rotatable bonds is 1. The summed E-state index contributed by atoms with van der Waals surface area (Å²) >= 11 is 0. The summed E-state index contributed by atoms with van der Waals surface area (Å²) in [6, 6.07) is 16.2. The van der Waals surface area contributed by atoms with E-state index < -0.39 is 0 Å². The maximum Gasteiger partial charge on any atom is 0.253 e. The third-order valence-corrected chi connectivity index (χ3v) is 8.59. The summed E-state index contributed by atoms with van der Waals surface area (Å²) in [4.78, 5) is 15.0. The van der Waals surface area contributed by atoms with Crippen molar-refractivity contribution in [2.24, 2.45) is 16.7 Å². The van der Waals surface area contributed by atoms with Gasteiger partial charge in [0, 0.05) is 29.6 Å². The number of amides is 1. The molecule has 2 saturated heterocycles. The van der Waals surface area contributed by atoms with Crippen LogP contribution in [0.1, 0.15) is 66.5 Å². The van der Waals surface area contributed by atoms with Gasteiger partial charge in [-0.05, 0) is 73.1 Å². The van der Waals surface area contributed by atoms with Gasteiger partial charge in [-0.25, -0.2) is 0 Å². The first-order valence-corrected chi connectivity index (χ1v) is 12.3. The third kappa shape index (κ3) is 3.42. The number of hydrogen-bond donors (Lipinski definition) is 0. The van der Waals surface area contributed by atoms with Gasteiger partial charge in [0.05, 0.1) is 6.61 Å². The number of likely N-dealkylation sites (tertiary alicyclic amines) is 1. The molecule has 2 aromatic carbocycles. The van der Waals surface area contributed by atoms with Crippen molar-refractivity contribution in [3.05, 3.63) is 71.0 Å². The van der Waals surface area contributed by atoms with Gasteiger partial charge in [-0.15, -0.1) is 0 Å². The minimum atomic E-state index is 0.0334. The van der Waals surface area contributed by atoms with Crippen LogP contribution in [0.25, 0.3) is 11.0 Å². The van der Waals surface area contributed by atoms with Gasteiger partial charge in [0.1, 0.15) is 17.4 Å². The number of furan rings is 1. The minimum absolute atomic E-state index is 0.0334. The highest BCUT2D eigenvalue weighted by atomic mass is 16.5. The summed E-state index contributed by atoms with van der Waals surface area (Å²) < 4.78 is 13.1. The number of hydrogen-bond acceptors (Lipinski definition) is 3. The average molecular weight is 444 g/mol. The van der Waals surface area contributed by atoms with Crippen LogP contribution in [0, 0.1) is 23.7 Å². The number of aryl methyl sites for hydroxylation is 1. The van der Waals surface area contributed by atoms with Gasteiger partial charge in [-0.1, -0.05) is 44.2 Å². The Morgan fingerprint density at radius 2 is 1.82 bits per heavy atom. The fourth-order valence-electron chi connectivity index (χ4n) is 6.53. The monoisotopic (exact) mass is 443 g/mol. The second-order valence-electron chi connectivity index (χ2n) is 11.3. The Balaban J connectivity index is 1.23. The zero-order valence-corrected chi connectivity index (χ0v) is 19.9. The van der Waals surface area contributed by atoms with E-state index in [9.17, 15) is 4.79 Å². The molecule has 4 heteroatoms. The number of ether oxygens (including phenoxy) is 1. The van der Waals surface area contributed by atoms with Crippen LogP contribution in [0.4, 0.5) is 0 Å². The Morgan fingerprint density at radius 1 is 1.06 bits per heavy atom. The van der Waals surface area contributed by atoms with Crippen LogP contribution in [-0.2, 0) is 11.2 Å². The summed E-state index contributed by atoms with van der Waals surface area (Å²) in [5, 5.41) is 1.25. The number of carbonyl (C=O) groups excluding carboxylic acids is 1. The van der Waals surface area contributed by atoms with Gasteiger partial charge in [0.25, 0.3) is 5.91 Å². The normalized spacial score (nSPS) is 25.6. The first-order valence-electron chi connectivity index (χ1n) is 12.3. The molecule has 0 bridgehead atoms. The number of benzene rings is 2. The molecule has 2 atom stereocenters. The molecule has 1 amide bonds. The summed E-state index contributed by atoms with van der Waals surface area (Å²) in [5.74, 6) is 1.64. The van der Waals surface area contributed by atoms with Crippen LogP contribution in [-0.4, -0.2) is 30.5 Å². The molecule has 2 aliphatic heterocycles. The molecule has 3 heterocycles. The van der Waals surface area contributed by atoms with Gasteiger partial charge in [0.15, 0.2) is 0 Å². The van der Waals surface area contributed by atoms with Crippen molar-refractivity contribution in [1.82, 2.24) is 4.90 Å². The maximum absolute atomic E-state index is 12.9. The molecule has 0 unspecified atom stereocenters. The predicted molar refractivity (Wildman–Crippen MR) is 129 cm³/mol. The first-order chi connectivity index (χ1) is 15.9. The van der Waals surface area contributed by atoms with Crippen molar-refractivity contribution in [1.29, 1.82) is 0 Å². The highest BCUT2D eigenvalue weighted by molar-refractivity contribution is 5.94. The van der Waals surface area contributed by atoms with Crippen LogP contribution in [0.3, 0.4) is 0 Å². The van der Waals surface area contributed by atoms with Gasteiger partial charge >= 0.3 is 0 Å². The van der Waals surface area contributed by atoms with Crippen molar-refractivity contribution < 1.29 is 13.9 Å². The lowest BCUT2D eigenvalue weighted by molar-refractivity contribution is -0.158. The molecule has 1 spiro atoms. The van der Waals surface area contributed by atoms with Crippen LogP contribution < -0.4 is 0 Å². The Morgan fingerprint density at radius 3 is 2.58 bits per heavy atom. The van der Waals surface area contributed by atoms with Gasteiger partial charge in [-0.2, -0.15) is 0 Å². The average Bonchev–Trinajstić information content (AvgIpc) is 3.16. The molecular weight excluding hydrogens is 410 g/mol. The predicted octanol–water partition coefficient (Wildman–Crippen LogP) is 6.32. The lowest BCUT2D eigenvalue weighted by atomic mass is 9.58. The molecule has 0 radical (unpaired) electrons. The number of piperidine rings is 1. The van der Waals surface area contributed by atoms with E-state index in [1.165, 1.54) is 16.5 Å². The molecule has 3 aliphatic rings. The lowest BCUT2D eigenvalue weighted by Gasteiger charge is -2.54. The van der Waals surface area contributed by atoms with Crippen molar-refractivity contribution >= 4 is 16.9 Å². The van der Waals surface area contributed by atoms with E-state index in [0.717, 1.165) is 62.3 Å². The summed E-state index contributed by atoms with van der Waals surface area (Å²) in [7, 11) is 0. The fourth-order valence-corrected chi connectivity index (χ4v) is 6.53.